The second kappa shape index (κ2) is 12.0. The van der Waals surface area contributed by atoms with E-state index in [0.717, 1.165) is 18.4 Å². The minimum atomic E-state index is -4.77. The Labute approximate surface area is 247 Å². The summed E-state index contributed by atoms with van der Waals surface area (Å²) in [7, 11) is 0. The lowest BCUT2D eigenvalue weighted by molar-refractivity contribution is -0.198. The number of nitrogens with one attached hydrogen (secondary N) is 1. The predicted octanol–water partition coefficient (Wildman–Crippen LogP) is 5.88. The van der Waals surface area contributed by atoms with Gasteiger partial charge in [0.25, 0.3) is 0 Å². The average molecular weight is 604 g/mol. The molecule has 1 aromatic heterocycles. The summed E-state index contributed by atoms with van der Waals surface area (Å²) in [6.07, 6.45) is -4.88. The fraction of sp³-hybridized carbons (Fsp3) is 0.433. The van der Waals surface area contributed by atoms with Crippen molar-refractivity contribution in [1.29, 1.82) is 0 Å². The van der Waals surface area contributed by atoms with E-state index >= 15 is 0 Å². The van der Waals surface area contributed by atoms with E-state index in [0.29, 0.717) is 54.6 Å². The number of carbonyl (C=O) groups excluding carboxylic acids is 1. The molecule has 224 valence electrons. The van der Waals surface area contributed by atoms with Crippen LogP contribution in [-0.2, 0) is 9.53 Å². The number of nitrogens with two attached hydrogens (primary N) is 1. The van der Waals surface area contributed by atoms with Gasteiger partial charge in [-0.05, 0) is 61.8 Å². The first-order valence-corrected chi connectivity index (χ1v) is 14.2. The number of esters is 1. The third-order valence-electron chi connectivity index (χ3n) is 7.95. The number of anilines is 2. The standard InChI is InChI=1S/C30H33ClF3N5O3/c1-3-41-27(40)23-16-29(17-36-23)9-11-39(12-10-29)24-15-25(38-28(35)37-24)42-26(30(32,33)34)21-8-7-20(31)14-22(21)19-6-4-5-18(2)13-19/h4-8,13-15,23,26,36H,3,9-12,16-17H2,1-2H3,(H2,35,37,38)/t23?,26-/m1/s1. The highest BCUT2D eigenvalue weighted by Crippen LogP contribution is 2.43. The first kappa shape index (κ1) is 29.9. The van der Waals surface area contributed by atoms with Crippen molar-refractivity contribution >= 4 is 29.3 Å². The van der Waals surface area contributed by atoms with Crippen LogP contribution in [0.15, 0.2) is 48.5 Å². The molecule has 2 aliphatic heterocycles. The van der Waals surface area contributed by atoms with Gasteiger partial charge in [-0.2, -0.15) is 23.1 Å². The van der Waals surface area contributed by atoms with Crippen LogP contribution in [0.5, 0.6) is 5.88 Å². The normalized spacial score (nSPS) is 19.1. The number of nitrogens with zero attached hydrogens (tertiary/aromatic N) is 3. The number of benzene rings is 2. The number of rotatable bonds is 7. The lowest BCUT2D eigenvalue weighted by Gasteiger charge is -2.39. The zero-order chi connectivity index (χ0) is 30.1. The van der Waals surface area contributed by atoms with Crippen LogP contribution in [0.25, 0.3) is 11.1 Å². The molecule has 8 nitrogen and oxygen atoms in total. The lowest BCUT2D eigenvalue weighted by Crippen LogP contribution is -2.41. The monoisotopic (exact) mass is 603 g/mol. The second-order valence-electron chi connectivity index (χ2n) is 10.9. The molecule has 1 unspecified atom stereocenters. The predicted molar refractivity (Wildman–Crippen MR) is 154 cm³/mol. The van der Waals surface area contributed by atoms with E-state index in [4.69, 9.17) is 26.8 Å². The van der Waals surface area contributed by atoms with E-state index in [2.05, 4.69) is 15.3 Å². The largest absolute Gasteiger partial charge is 0.465 e. The van der Waals surface area contributed by atoms with Gasteiger partial charge >= 0.3 is 12.1 Å². The van der Waals surface area contributed by atoms with Gasteiger partial charge in [0, 0.05) is 36.3 Å². The molecule has 2 aliphatic rings. The maximum Gasteiger partial charge on any atom is 0.429 e. The van der Waals surface area contributed by atoms with Crippen molar-refractivity contribution in [3.05, 3.63) is 64.7 Å². The Kier molecular flexibility index (Phi) is 8.52. The van der Waals surface area contributed by atoms with Gasteiger partial charge in [0.15, 0.2) is 0 Å². The van der Waals surface area contributed by atoms with E-state index in [1.807, 2.05) is 17.9 Å². The Bertz CT molecular complexity index is 1450. The number of nitrogen functional groups attached to an aromatic ring is 1. The minimum Gasteiger partial charge on any atom is -0.465 e. The molecule has 0 saturated carbocycles. The third kappa shape index (κ3) is 6.57. The first-order valence-electron chi connectivity index (χ1n) is 13.9. The maximum absolute atomic E-state index is 14.5. The molecule has 2 atom stereocenters. The Balaban J connectivity index is 1.37. The minimum absolute atomic E-state index is 0.0615. The molecule has 0 amide bonds. The van der Waals surface area contributed by atoms with Crippen LogP contribution in [0.3, 0.4) is 0 Å². The summed E-state index contributed by atoms with van der Waals surface area (Å²) in [5.74, 6) is -0.331. The molecule has 3 heterocycles. The van der Waals surface area contributed by atoms with Crippen molar-refractivity contribution in [1.82, 2.24) is 15.3 Å². The lowest BCUT2D eigenvalue weighted by atomic mass is 9.76. The molecule has 5 rings (SSSR count). The molecule has 12 heteroatoms. The average Bonchev–Trinajstić information content (AvgIpc) is 3.35. The second-order valence-corrected chi connectivity index (χ2v) is 11.4. The van der Waals surface area contributed by atoms with Gasteiger partial charge in [-0.1, -0.05) is 47.5 Å². The van der Waals surface area contributed by atoms with Gasteiger partial charge in [0.1, 0.15) is 11.9 Å². The molecule has 0 aliphatic carbocycles. The molecule has 3 aromatic rings. The number of ether oxygens (including phenoxy) is 2. The van der Waals surface area contributed by atoms with E-state index in [9.17, 15) is 18.0 Å². The van der Waals surface area contributed by atoms with Crippen LogP contribution >= 0.6 is 11.6 Å². The van der Waals surface area contributed by atoms with Crippen LogP contribution in [0, 0.1) is 12.3 Å². The number of halogens is 4. The van der Waals surface area contributed by atoms with Crippen molar-refractivity contribution in [2.45, 2.75) is 51.4 Å². The van der Waals surface area contributed by atoms with Crippen LogP contribution in [0.2, 0.25) is 5.02 Å². The van der Waals surface area contributed by atoms with Gasteiger partial charge in [-0.25, -0.2) is 0 Å². The molecule has 2 fully saturated rings. The molecule has 1 spiro atoms. The Morgan fingerprint density at radius 3 is 2.64 bits per heavy atom. The fourth-order valence-electron chi connectivity index (χ4n) is 5.82. The van der Waals surface area contributed by atoms with Gasteiger partial charge in [0.05, 0.1) is 6.61 Å². The maximum atomic E-state index is 14.5. The highest BCUT2D eigenvalue weighted by molar-refractivity contribution is 6.30. The van der Waals surface area contributed by atoms with Crippen LogP contribution in [0.4, 0.5) is 24.9 Å². The van der Waals surface area contributed by atoms with E-state index in [1.165, 1.54) is 24.3 Å². The van der Waals surface area contributed by atoms with Crippen LogP contribution < -0.4 is 20.7 Å². The van der Waals surface area contributed by atoms with Gasteiger partial charge in [-0.15, -0.1) is 0 Å². The number of carbonyl (C=O) groups is 1. The van der Waals surface area contributed by atoms with Crippen molar-refractivity contribution in [3.63, 3.8) is 0 Å². The number of piperidine rings is 1. The molecule has 0 radical (unpaired) electrons. The van der Waals surface area contributed by atoms with Crippen LogP contribution in [-0.4, -0.2) is 54.4 Å². The highest BCUT2D eigenvalue weighted by Gasteiger charge is 2.46. The van der Waals surface area contributed by atoms with Gasteiger partial charge < -0.3 is 25.4 Å². The summed E-state index contributed by atoms with van der Waals surface area (Å²) < 4.78 is 54.4. The smallest absolute Gasteiger partial charge is 0.429 e. The summed E-state index contributed by atoms with van der Waals surface area (Å²) in [5.41, 5.74) is 7.58. The summed E-state index contributed by atoms with van der Waals surface area (Å²) in [6, 6.07) is 12.5. The summed E-state index contributed by atoms with van der Waals surface area (Å²) >= 11 is 6.20. The Morgan fingerprint density at radius 2 is 1.95 bits per heavy atom. The van der Waals surface area contributed by atoms with Crippen molar-refractivity contribution in [2.24, 2.45) is 5.41 Å². The summed E-state index contributed by atoms with van der Waals surface area (Å²) in [6.45, 7) is 5.85. The molecular formula is C30H33ClF3N5O3. The van der Waals surface area contributed by atoms with Crippen LogP contribution in [0.1, 0.15) is 43.4 Å². The molecule has 0 bridgehead atoms. The van der Waals surface area contributed by atoms with Gasteiger partial charge in [-0.3, -0.25) is 4.79 Å². The number of hydrogen-bond donors (Lipinski definition) is 2. The van der Waals surface area contributed by atoms with Gasteiger partial charge in [0.2, 0.25) is 17.9 Å². The third-order valence-corrected chi connectivity index (χ3v) is 8.18. The quantitative estimate of drug-likeness (QED) is 0.323. The van der Waals surface area contributed by atoms with E-state index < -0.39 is 12.3 Å². The zero-order valence-electron chi connectivity index (χ0n) is 23.4. The molecule has 42 heavy (non-hydrogen) atoms. The van der Waals surface area contributed by atoms with Crippen molar-refractivity contribution in [2.75, 3.05) is 36.9 Å². The molecule has 2 aromatic carbocycles. The van der Waals surface area contributed by atoms with Crippen molar-refractivity contribution in [3.8, 4) is 17.0 Å². The number of hydrogen-bond acceptors (Lipinski definition) is 8. The van der Waals surface area contributed by atoms with E-state index in [-0.39, 0.29) is 34.8 Å². The Morgan fingerprint density at radius 1 is 1.19 bits per heavy atom. The Hall–Kier alpha value is -3.57. The first-order chi connectivity index (χ1) is 20.0. The summed E-state index contributed by atoms with van der Waals surface area (Å²) in [4.78, 5) is 22.4. The fourth-order valence-corrected chi connectivity index (χ4v) is 5.99. The SMILES string of the molecule is CCOC(=O)C1CC2(CCN(c3cc(O[C@H](c4ccc(Cl)cc4-c4cccc(C)c4)C(F)(F)F)nc(N)n3)CC2)CN1. The topological polar surface area (TPSA) is 103 Å². The van der Waals surface area contributed by atoms with E-state index in [1.54, 1.807) is 25.1 Å². The number of aromatic nitrogens is 2. The molecular weight excluding hydrogens is 571 g/mol. The zero-order valence-corrected chi connectivity index (χ0v) is 24.1. The highest BCUT2D eigenvalue weighted by atomic mass is 35.5. The summed E-state index contributed by atoms with van der Waals surface area (Å²) in [5, 5.41) is 3.58. The number of aryl methyl sites for hydroxylation is 1. The molecule has 3 N–H and O–H groups in total. The number of alkyl halides is 3. The molecule has 2 saturated heterocycles. The van der Waals surface area contributed by atoms with Crippen molar-refractivity contribution < 1.29 is 27.4 Å².